The van der Waals surface area contributed by atoms with Crippen LogP contribution in [0.1, 0.15) is 63.9 Å². The van der Waals surface area contributed by atoms with Crippen LogP contribution in [0.3, 0.4) is 0 Å². The lowest BCUT2D eigenvalue weighted by Gasteiger charge is -2.39. The van der Waals surface area contributed by atoms with Crippen molar-refractivity contribution in [2.45, 2.75) is 58.3 Å². The summed E-state index contributed by atoms with van der Waals surface area (Å²) in [6.45, 7) is 4.72. The first-order valence-corrected chi connectivity index (χ1v) is 6.75. The molecule has 0 bridgehead atoms. The van der Waals surface area contributed by atoms with Crippen LogP contribution in [0.4, 0.5) is 0 Å². The van der Waals surface area contributed by atoms with Crippen molar-refractivity contribution in [2.75, 3.05) is 0 Å². The lowest BCUT2D eigenvalue weighted by molar-refractivity contribution is 0.159. The summed E-state index contributed by atoms with van der Waals surface area (Å²) in [7, 11) is 0. The second kappa shape index (κ2) is 5.03. The minimum Gasteiger partial charge on any atom is -0.0649 e. The van der Waals surface area contributed by atoms with Gasteiger partial charge in [-0.2, -0.15) is 0 Å². The van der Waals surface area contributed by atoms with E-state index in [4.69, 9.17) is 0 Å². The minimum absolute atomic E-state index is 0.662. The van der Waals surface area contributed by atoms with Crippen LogP contribution in [0.2, 0.25) is 0 Å². The van der Waals surface area contributed by atoms with Gasteiger partial charge in [-0.05, 0) is 48.6 Å². The molecule has 1 fully saturated rings. The monoisotopic (exact) mass is 215 g/mol. The molecule has 0 aliphatic heterocycles. The average Bonchev–Trinajstić information content (AvgIpc) is 2.40. The second-order valence-electron chi connectivity index (χ2n) is 5.32. The first-order chi connectivity index (χ1) is 7.79. The fourth-order valence-corrected chi connectivity index (χ4v) is 3.18. The number of benzene rings is 1. The van der Waals surface area contributed by atoms with E-state index >= 15 is 0 Å². The van der Waals surface area contributed by atoms with E-state index in [9.17, 15) is 0 Å². The van der Waals surface area contributed by atoms with E-state index in [1.807, 2.05) is 6.07 Å². The van der Waals surface area contributed by atoms with E-state index in [2.05, 4.69) is 38.1 Å². The fourth-order valence-electron chi connectivity index (χ4n) is 3.18. The van der Waals surface area contributed by atoms with E-state index in [1.54, 1.807) is 0 Å². The van der Waals surface area contributed by atoms with Crippen LogP contribution in [-0.2, 0) is 0 Å². The van der Waals surface area contributed by atoms with Gasteiger partial charge in [-0.3, -0.25) is 0 Å². The normalized spacial score (nSPS) is 20.9. The molecule has 1 saturated carbocycles. The van der Waals surface area contributed by atoms with Crippen LogP contribution >= 0.6 is 0 Å². The Balaban J connectivity index is 2.00. The third kappa shape index (κ3) is 2.31. The predicted molar refractivity (Wildman–Crippen MR) is 69.5 cm³/mol. The topological polar surface area (TPSA) is 0 Å². The highest BCUT2D eigenvalue weighted by molar-refractivity contribution is 5.19. The van der Waals surface area contributed by atoms with E-state index < -0.39 is 0 Å². The molecule has 0 heterocycles. The Kier molecular flexibility index (Phi) is 3.68. The third-order valence-electron chi connectivity index (χ3n) is 4.75. The third-order valence-corrected chi connectivity index (χ3v) is 4.75. The summed E-state index contributed by atoms with van der Waals surface area (Å²) in [4.78, 5) is 0. The number of hydrogen-bond acceptors (Lipinski definition) is 0. The first kappa shape index (κ1) is 11.7. The molecule has 1 aromatic rings. The lowest BCUT2D eigenvalue weighted by atomic mass is 9.66. The SMILES string of the molecule is CCC1(CC)CCC(c2c[c]ccc2)CC1. The Bertz CT molecular complexity index is 298. The largest absolute Gasteiger partial charge is 0.0649 e. The Labute approximate surface area is 100 Å². The molecule has 16 heavy (non-hydrogen) atoms. The molecule has 0 heteroatoms. The van der Waals surface area contributed by atoms with Crippen molar-refractivity contribution in [3.63, 3.8) is 0 Å². The molecule has 2 rings (SSSR count). The van der Waals surface area contributed by atoms with Crippen LogP contribution in [0.15, 0.2) is 24.3 Å². The zero-order chi connectivity index (χ0) is 11.4. The van der Waals surface area contributed by atoms with Gasteiger partial charge in [0.1, 0.15) is 0 Å². The van der Waals surface area contributed by atoms with E-state index in [1.165, 1.54) is 44.1 Å². The van der Waals surface area contributed by atoms with Gasteiger partial charge >= 0.3 is 0 Å². The summed E-state index contributed by atoms with van der Waals surface area (Å²) in [5.74, 6) is 0.795. The molecule has 0 N–H and O–H groups in total. The van der Waals surface area contributed by atoms with Crippen molar-refractivity contribution >= 4 is 0 Å². The van der Waals surface area contributed by atoms with Crippen LogP contribution in [0, 0.1) is 11.5 Å². The highest BCUT2D eigenvalue weighted by Crippen LogP contribution is 2.46. The molecule has 1 aliphatic carbocycles. The summed E-state index contributed by atoms with van der Waals surface area (Å²) in [5.41, 5.74) is 2.16. The molecular weight excluding hydrogens is 192 g/mol. The predicted octanol–water partition coefficient (Wildman–Crippen LogP) is 4.95. The van der Waals surface area contributed by atoms with Gasteiger partial charge in [-0.25, -0.2) is 0 Å². The molecular formula is C16H23. The van der Waals surface area contributed by atoms with Crippen LogP contribution in [0.25, 0.3) is 0 Å². The van der Waals surface area contributed by atoms with Gasteiger partial charge < -0.3 is 0 Å². The van der Waals surface area contributed by atoms with Gasteiger partial charge in [0.25, 0.3) is 0 Å². The van der Waals surface area contributed by atoms with Crippen LogP contribution in [-0.4, -0.2) is 0 Å². The zero-order valence-corrected chi connectivity index (χ0v) is 10.6. The molecule has 0 unspecified atom stereocenters. The average molecular weight is 215 g/mol. The van der Waals surface area contributed by atoms with Gasteiger partial charge in [0, 0.05) is 0 Å². The maximum absolute atomic E-state index is 3.21. The Morgan fingerprint density at radius 1 is 1.25 bits per heavy atom. The second-order valence-corrected chi connectivity index (χ2v) is 5.32. The van der Waals surface area contributed by atoms with E-state index in [0.717, 1.165) is 5.92 Å². The summed E-state index contributed by atoms with van der Waals surface area (Å²) < 4.78 is 0. The van der Waals surface area contributed by atoms with Crippen molar-refractivity contribution in [3.05, 3.63) is 35.9 Å². The maximum Gasteiger partial charge on any atom is -0.0161 e. The molecule has 0 amide bonds. The Hall–Kier alpha value is -0.780. The van der Waals surface area contributed by atoms with Crippen molar-refractivity contribution in [3.8, 4) is 0 Å². The molecule has 1 radical (unpaired) electrons. The van der Waals surface area contributed by atoms with E-state index in [0.29, 0.717) is 5.41 Å². The van der Waals surface area contributed by atoms with Crippen molar-refractivity contribution < 1.29 is 0 Å². The van der Waals surface area contributed by atoms with Gasteiger partial charge in [0.15, 0.2) is 0 Å². The van der Waals surface area contributed by atoms with Gasteiger partial charge in [-0.1, -0.05) is 51.0 Å². The van der Waals surface area contributed by atoms with Gasteiger partial charge in [0.2, 0.25) is 0 Å². The quantitative estimate of drug-likeness (QED) is 0.669. The molecule has 87 valence electrons. The number of rotatable bonds is 3. The summed E-state index contributed by atoms with van der Waals surface area (Å²) in [6.07, 6.45) is 8.30. The molecule has 0 spiro atoms. The molecule has 0 atom stereocenters. The van der Waals surface area contributed by atoms with Crippen molar-refractivity contribution in [2.24, 2.45) is 5.41 Å². The number of hydrogen-bond donors (Lipinski definition) is 0. The van der Waals surface area contributed by atoms with Gasteiger partial charge in [0.05, 0.1) is 0 Å². The Morgan fingerprint density at radius 3 is 2.44 bits per heavy atom. The zero-order valence-electron chi connectivity index (χ0n) is 10.6. The highest BCUT2D eigenvalue weighted by atomic mass is 14.4. The molecule has 1 aromatic carbocycles. The van der Waals surface area contributed by atoms with Crippen LogP contribution in [0.5, 0.6) is 0 Å². The highest BCUT2D eigenvalue weighted by Gasteiger charge is 2.32. The standard InChI is InChI=1S/C16H23/c1-3-16(4-2)12-10-15(11-13-16)14-8-6-5-7-9-14/h5-6,8-9,15H,3-4,10-13H2,1-2H3. The smallest absolute Gasteiger partial charge is 0.0161 e. The molecule has 0 nitrogen and oxygen atoms in total. The van der Waals surface area contributed by atoms with Gasteiger partial charge in [-0.15, -0.1) is 0 Å². The van der Waals surface area contributed by atoms with Crippen LogP contribution < -0.4 is 0 Å². The minimum atomic E-state index is 0.662. The molecule has 1 aliphatic rings. The molecule has 0 saturated heterocycles. The van der Waals surface area contributed by atoms with E-state index in [-0.39, 0.29) is 0 Å². The van der Waals surface area contributed by atoms with Crippen molar-refractivity contribution in [1.82, 2.24) is 0 Å². The summed E-state index contributed by atoms with van der Waals surface area (Å²) >= 11 is 0. The summed E-state index contributed by atoms with van der Waals surface area (Å²) in [6, 6.07) is 11.8. The fraction of sp³-hybridized carbons (Fsp3) is 0.625. The Morgan fingerprint density at radius 2 is 1.94 bits per heavy atom. The van der Waals surface area contributed by atoms with Crippen molar-refractivity contribution in [1.29, 1.82) is 0 Å². The summed E-state index contributed by atoms with van der Waals surface area (Å²) in [5, 5.41) is 0. The maximum atomic E-state index is 3.21. The molecule has 0 aromatic heterocycles. The first-order valence-electron chi connectivity index (χ1n) is 6.75. The lowest BCUT2D eigenvalue weighted by Crippen LogP contribution is -2.25.